The molecular formula is C18H17FN2O3S. The summed E-state index contributed by atoms with van der Waals surface area (Å²) in [5.74, 6) is 0.0678. The van der Waals surface area contributed by atoms with Crippen LogP contribution in [0.25, 0.3) is 11.3 Å². The van der Waals surface area contributed by atoms with Crippen LogP contribution in [-0.2, 0) is 16.4 Å². The molecule has 1 N–H and O–H groups in total. The molecule has 0 aliphatic carbocycles. The number of benzene rings is 2. The molecule has 0 atom stereocenters. The number of nitrogens with zero attached hydrogens (tertiary/aromatic N) is 1. The molecule has 0 aliphatic heterocycles. The molecule has 3 rings (SSSR count). The second-order valence-corrected chi connectivity index (χ2v) is 7.27. The summed E-state index contributed by atoms with van der Waals surface area (Å²) in [6, 6.07) is 12.0. The third-order valence-corrected chi connectivity index (χ3v) is 5.21. The fourth-order valence-electron chi connectivity index (χ4n) is 2.48. The van der Waals surface area contributed by atoms with E-state index < -0.39 is 15.8 Å². The van der Waals surface area contributed by atoms with Crippen molar-refractivity contribution in [1.29, 1.82) is 0 Å². The molecule has 0 amide bonds. The number of anilines is 1. The first-order chi connectivity index (χ1) is 11.9. The molecule has 0 fully saturated rings. The Bertz CT molecular complexity index is 995. The zero-order valence-electron chi connectivity index (χ0n) is 13.8. The number of aromatic nitrogens is 1. The Labute approximate surface area is 145 Å². The number of halogens is 1. The smallest absolute Gasteiger partial charge is 0.262 e. The highest BCUT2D eigenvalue weighted by Gasteiger charge is 2.20. The number of nitrogens with one attached hydrogen (secondary N) is 1. The maximum Gasteiger partial charge on any atom is 0.262 e. The van der Waals surface area contributed by atoms with Gasteiger partial charge >= 0.3 is 0 Å². The average molecular weight is 360 g/mol. The molecule has 3 aromatic rings. The van der Waals surface area contributed by atoms with E-state index in [2.05, 4.69) is 9.88 Å². The second kappa shape index (κ2) is 6.68. The van der Waals surface area contributed by atoms with Crippen LogP contribution >= 0.6 is 0 Å². The van der Waals surface area contributed by atoms with E-state index in [0.717, 1.165) is 0 Å². The lowest BCUT2D eigenvalue weighted by molar-refractivity contribution is 0.427. The van der Waals surface area contributed by atoms with E-state index in [1.54, 1.807) is 31.2 Å². The molecule has 0 aliphatic rings. The largest absolute Gasteiger partial charge is 0.356 e. The van der Waals surface area contributed by atoms with Crippen molar-refractivity contribution in [2.75, 3.05) is 4.72 Å². The Morgan fingerprint density at radius 1 is 1.12 bits per heavy atom. The van der Waals surface area contributed by atoms with Gasteiger partial charge in [0.2, 0.25) is 0 Å². The van der Waals surface area contributed by atoms with Gasteiger partial charge in [-0.2, -0.15) is 0 Å². The Morgan fingerprint density at radius 3 is 2.44 bits per heavy atom. The van der Waals surface area contributed by atoms with E-state index in [4.69, 9.17) is 4.52 Å². The Hall–Kier alpha value is -2.67. The summed E-state index contributed by atoms with van der Waals surface area (Å²) >= 11 is 0. The zero-order chi connectivity index (χ0) is 18.0. The summed E-state index contributed by atoms with van der Waals surface area (Å²) in [5.41, 5.74) is 2.31. The quantitative estimate of drug-likeness (QED) is 0.742. The second-order valence-electron chi connectivity index (χ2n) is 5.62. The lowest BCUT2D eigenvalue weighted by atomic mass is 10.1. The van der Waals surface area contributed by atoms with E-state index in [1.165, 1.54) is 24.3 Å². The summed E-state index contributed by atoms with van der Waals surface area (Å²) in [6.45, 7) is 3.67. The topological polar surface area (TPSA) is 72.2 Å². The van der Waals surface area contributed by atoms with Gasteiger partial charge in [-0.05, 0) is 49.2 Å². The number of sulfonamides is 1. The SMILES string of the molecule is CCc1ccc(-c2cc(C)no2)cc1S(=O)(=O)Nc1ccc(F)cc1. The zero-order valence-corrected chi connectivity index (χ0v) is 14.6. The fraction of sp³-hybridized carbons (Fsp3) is 0.167. The van der Waals surface area contributed by atoms with E-state index in [1.807, 2.05) is 6.92 Å². The fourth-order valence-corrected chi connectivity index (χ4v) is 3.87. The molecule has 7 heteroatoms. The maximum atomic E-state index is 13.0. The summed E-state index contributed by atoms with van der Waals surface area (Å²) in [7, 11) is -3.83. The highest BCUT2D eigenvalue weighted by Crippen LogP contribution is 2.27. The van der Waals surface area contributed by atoms with Crippen LogP contribution < -0.4 is 4.72 Å². The molecule has 0 spiro atoms. The third kappa shape index (κ3) is 3.71. The van der Waals surface area contributed by atoms with Gasteiger partial charge in [0.05, 0.1) is 10.6 Å². The lowest BCUT2D eigenvalue weighted by Crippen LogP contribution is -2.15. The van der Waals surface area contributed by atoms with Gasteiger partial charge in [0.1, 0.15) is 5.82 Å². The maximum absolute atomic E-state index is 13.0. The van der Waals surface area contributed by atoms with Gasteiger partial charge in [0.15, 0.2) is 5.76 Å². The van der Waals surface area contributed by atoms with Crippen LogP contribution in [0.5, 0.6) is 0 Å². The van der Waals surface area contributed by atoms with Gasteiger partial charge in [-0.25, -0.2) is 12.8 Å². The van der Waals surface area contributed by atoms with Crippen molar-refractivity contribution in [3.63, 3.8) is 0 Å². The first-order valence-electron chi connectivity index (χ1n) is 7.74. The molecule has 0 unspecified atom stereocenters. The van der Waals surface area contributed by atoms with Crippen molar-refractivity contribution in [1.82, 2.24) is 5.16 Å². The number of hydrogen-bond acceptors (Lipinski definition) is 4. The molecule has 25 heavy (non-hydrogen) atoms. The normalized spacial score (nSPS) is 11.5. The molecule has 0 saturated carbocycles. The highest BCUT2D eigenvalue weighted by molar-refractivity contribution is 7.92. The van der Waals surface area contributed by atoms with Crippen LogP contribution in [0, 0.1) is 12.7 Å². The third-order valence-electron chi connectivity index (χ3n) is 3.75. The van der Waals surface area contributed by atoms with Gasteiger partial charge in [-0.15, -0.1) is 0 Å². The number of rotatable bonds is 5. The predicted molar refractivity (Wildman–Crippen MR) is 93.3 cm³/mol. The molecule has 5 nitrogen and oxygen atoms in total. The van der Waals surface area contributed by atoms with Crippen molar-refractivity contribution in [2.45, 2.75) is 25.2 Å². The summed E-state index contributed by atoms with van der Waals surface area (Å²) in [5, 5.41) is 3.83. The van der Waals surface area contributed by atoms with Gasteiger partial charge in [0, 0.05) is 17.3 Å². The van der Waals surface area contributed by atoms with Crippen molar-refractivity contribution < 1.29 is 17.3 Å². The van der Waals surface area contributed by atoms with Gasteiger partial charge < -0.3 is 4.52 Å². The molecule has 2 aromatic carbocycles. The van der Waals surface area contributed by atoms with Crippen molar-refractivity contribution >= 4 is 15.7 Å². The summed E-state index contributed by atoms with van der Waals surface area (Å²) in [4.78, 5) is 0.158. The van der Waals surface area contributed by atoms with Crippen LogP contribution in [0.15, 0.2) is 57.9 Å². The van der Waals surface area contributed by atoms with Crippen molar-refractivity contribution in [2.24, 2.45) is 0 Å². The summed E-state index contributed by atoms with van der Waals surface area (Å²) in [6.07, 6.45) is 0.551. The van der Waals surface area contributed by atoms with Crippen LogP contribution in [0.1, 0.15) is 18.2 Å². The number of aryl methyl sites for hydroxylation is 2. The van der Waals surface area contributed by atoms with Crippen LogP contribution in [0.4, 0.5) is 10.1 Å². The van der Waals surface area contributed by atoms with E-state index in [9.17, 15) is 12.8 Å². The van der Waals surface area contributed by atoms with Gasteiger partial charge in [-0.1, -0.05) is 24.2 Å². The lowest BCUT2D eigenvalue weighted by Gasteiger charge is -2.12. The first-order valence-corrected chi connectivity index (χ1v) is 9.22. The molecule has 1 heterocycles. The van der Waals surface area contributed by atoms with Crippen LogP contribution in [-0.4, -0.2) is 13.6 Å². The minimum atomic E-state index is -3.83. The van der Waals surface area contributed by atoms with E-state index in [-0.39, 0.29) is 4.90 Å². The molecule has 1 aromatic heterocycles. The van der Waals surface area contributed by atoms with E-state index >= 15 is 0 Å². The monoisotopic (exact) mass is 360 g/mol. The Balaban J connectivity index is 2.02. The molecule has 0 bridgehead atoms. The van der Waals surface area contributed by atoms with Gasteiger partial charge in [-0.3, -0.25) is 4.72 Å². The minimum absolute atomic E-state index is 0.158. The average Bonchev–Trinajstić information content (AvgIpc) is 3.02. The minimum Gasteiger partial charge on any atom is -0.356 e. The molecular weight excluding hydrogens is 343 g/mol. The molecule has 0 radical (unpaired) electrons. The standard InChI is InChI=1S/C18H17FN2O3S/c1-3-13-4-5-14(17-10-12(2)20-24-17)11-18(13)25(22,23)21-16-8-6-15(19)7-9-16/h4-11,21H,3H2,1-2H3. The molecule has 0 saturated heterocycles. The predicted octanol–water partition coefficient (Wildman–Crippen LogP) is 4.15. The van der Waals surface area contributed by atoms with Gasteiger partial charge in [0.25, 0.3) is 10.0 Å². The van der Waals surface area contributed by atoms with Crippen molar-refractivity contribution in [3.8, 4) is 11.3 Å². The highest BCUT2D eigenvalue weighted by atomic mass is 32.2. The van der Waals surface area contributed by atoms with Crippen LogP contribution in [0.3, 0.4) is 0 Å². The Morgan fingerprint density at radius 2 is 1.84 bits per heavy atom. The van der Waals surface area contributed by atoms with Crippen LogP contribution in [0.2, 0.25) is 0 Å². The van der Waals surface area contributed by atoms with Crippen molar-refractivity contribution in [3.05, 3.63) is 65.6 Å². The molecule has 130 valence electrons. The summed E-state index contributed by atoms with van der Waals surface area (Å²) < 4.78 is 46.3. The first kappa shape index (κ1) is 17.2. The Kier molecular flexibility index (Phi) is 4.59. The van der Waals surface area contributed by atoms with E-state index in [0.29, 0.717) is 34.7 Å². The number of hydrogen-bond donors (Lipinski definition) is 1.